The average molecular weight is 424 g/mol. The number of rotatable bonds is 7. The van der Waals surface area contributed by atoms with E-state index in [2.05, 4.69) is 10.3 Å². The lowest BCUT2D eigenvalue weighted by Gasteiger charge is -2.26. The van der Waals surface area contributed by atoms with Crippen molar-refractivity contribution in [1.29, 1.82) is 0 Å². The Balaban J connectivity index is 1.74. The molecule has 8 nitrogen and oxygen atoms in total. The molecule has 0 atom stereocenters. The summed E-state index contributed by atoms with van der Waals surface area (Å²) in [5.74, 6) is 0.194. The summed E-state index contributed by atoms with van der Waals surface area (Å²) in [4.78, 5) is 17.1. The van der Waals surface area contributed by atoms with Crippen molar-refractivity contribution in [1.82, 2.24) is 9.29 Å². The van der Waals surface area contributed by atoms with Gasteiger partial charge in [-0.1, -0.05) is 0 Å². The normalized spacial score (nSPS) is 15.2. The molecule has 1 aromatic carbocycles. The first-order chi connectivity index (χ1) is 13.5. The van der Waals surface area contributed by atoms with Gasteiger partial charge in [0.15, 0.2) is 0 Å². The van der Waals surface area contributed by atoms with Crippen LogP contribution in [-0.2, 0) is 19.6 Å². The highest BCUT2D eigenvalue weighted by Gasteiger charge is 2.29. The minimum absolute atomic E-state index is 0.0245. The van der Waals surface area contributed by atoms with Crippen LogP contribution in [0.4, 0.5) is 5.69 Å². The van der Waals surface area contributed by atoms with Gasteiger partial charge in [0.25, 0.3) is 0 Å². The summed E-state index contributed by atoms with van der Waals surface area (Å²) in [6.45, 7) is 1.27. The quantitative estimate of drug-likeness (QED) is 0.679. The van der Waals surface area contributed by atoms with Crippen molar-refractivity contribution in [3.8, 4) is 5.75 Å². The standard InChI is InChI=1S/C18H21N3O5S2/c1-25-16-3-2-14(20-18(22)13-27-15-4-6-19-7-5-15)12-17(16)28(23,24)21-8-10-26-11-9-21/h2-7,12H,8-11,13H2,1H3,(H,20,22). The second kappa shape index (κ2) is 9.37. The Morgan fingerprint density at radius 3 is 2.64 bits per heavy atom. The maximum Gasteiger partial charge on any atom is 0.246 e. The highest BCUT2D eigenvalue weighted by atomic mass is 32.2. The van der Waals surface area contributed by atoms with Gasteiger partial charge in [-0.3, -0.25) is 9.78 Å². The van der Waals surface area contributed by atoms with Gasteiger partial charge in [0.05, 0.1) is 26.1 Å². The first kappa shape index (κ1) is 20.6. The molecule has 10 heteroatoms. The van der Waals surface area contributed by atoms with Crippen molar-refractivity contribution in [2.45, 2.75) is 9.79 Å². The molecular weight excluding hydrogens is 402 g/mol. The number of methoxy groups -OCH3 is 1. The summed E-state index contributed by atoms with van der Waals surface area (Å²) < 4.78 is 37.8. The number of hydrogen-bond donors (Lipinski definition) is 1. The summed E-state index contributed by atoms with van der Waals surface area (Å²) >= 11 is 1.37. The molecule has 3 rings (SSSR count). The summed E-state index contributed by atoms with van der Waals surface area (Å²) in [7, 11) is -2.34. The van der Waals surface area contributed by atoms with E-state index in [1.807, 2.05) is 12.1 Å². The number of pyridine rings is 1. The lowest BCUT2D eigenvalue weighted by molar-refractivity contribution is -0.113. The Morgan fingerprint density at radius 2 is 1.96 bits per heavy atom. The van der Waals surface area contributed by atoms with Crippen LogP contribution < -0.4 is 10.1 Å². The SMILES string of the molecule is COc1ccc(NC(=O)CSc2ccncc2)cc1S(=O)(=O)N1CCOCC1. The predicted octanol–water partition coefficient (Wildman–Crippen LogP) is 1.84. The number of anilines is 1. The van der Waals surface area contributed by atoms with E-state index in [9.17, 15) is 13.2 Å². The molecule has 1 amide bonds. The molecule has 28 heavy (non-hydrogen) atoms. The van der Waals surface area contributed by atoms with E-state index in [-0.39, 0.29) is 35.4 Å². The zero-order chi connectivity index (χ0) is 20.0. The number of thioether (sulfide) groups is 1. The molecule has 1 aromatic heterocycles. The topological polar surface area (TPSA) is 97.8 Å². The second-order valence-corrected chi connectivity index (χ2v) is 8.86. The van der Waals surface area contributed by atoms with Gasteiger partial charge in [-0.2, -0.15) is 4.31 Å². The zero-order valence-corrected chi connectivity index (χ0v) is 17.0. The fourth-order valence-corrected chi connectivity index (χ4v) is 4.94. The van der Waals surface area contributed by atoms with Crippen LogP contribution in [0.5, 0.6) is 5.75 Å². The van der Waals surface area contributed by atoms with Crippen LogP contribution in [0.1, 0.15) is 0 Å². The van der Waals surface area contributed by atoms with E-state index in [0.29, 0.717) is 18.9 Å². The van der Waals surface area contributed by atoms with Crippen LogP contribution in [0.3, 0.4) is 0 Å². The third kappa shape index (κ3) is 5.02. The zero-order valence-electron chi connectivity index (χ0n) is 15.3. The number of morpholine rings is 1. The molecule has 1 N–H and O–H groups in total. The maximum atomic E-state index is 13.0. The van der Waals surface area contributed by atoms with E-state index >= 15 is 0 Å². The fourth-order valence-electron chi connectivity index (χ4n) is 2.66. The Hall–Kier alpha value is -2.14. The number of carbonyl (C=O) groups is 1. The monoisotopic (exact) mass is 423 g/mol. The average Bonchev–Trinajstić information content (AvgIpc) is 2.73. The van der Waals surface area contributed by atoms with E-state index in [4.69, 9.17) is 9.47 Å². The van der Waals surface area contributed by atoms with Gasteiger partial charge in [-0.05, 0) is 30.3 Å². The Morgan fingerprint density at radius 1 is 1.25 bits per heavy atom. The van der Waals surface area contributed by atoms with Crippen LogP contribution in [0.2, 0.25) is 0 Å². The number of sulfonamides is 1. The molecule has 150 valence electrons. The Kier molecular flexibility index (Phi) is 6.89. The number of aromatic nitrogens is 1. The smallest absolute Gasteiger partial charge is 0.246 e. The fraction of sp³-hybridized carbons (Fsp3) is 0.333. The molecule has 0 radical (unpaired) electrons. The van der Waals surface area contributed by atoms with Gasteiger partial charge in [-0.25, -0.2) is 8.42 Å². The largest absolute Gasteiger partial charge is 0.495 e. The number of hydrogen-bond acceptors (Lipinski definition) is 7. The lowest BCUT2D eigenvalue weighted by atomic mass is 10.3. The molecule has 0 saturated carbocycles. The molecule has 1 fully saturated rings. The minimum Gasteiger partial charge on any atom is -0.495 e. The van der Waals surface area contributed by atoms with Crippen LogP contribution in [0.25, 0.3) is 0 Å². The van der Waals surface area contributed by atoms with Crippen molar-refractivity contribution < 1.29 is 22.7 Å². The summed E-state index contributed by atoms with van der Waals surface area (Å²) in [5.41, 5.74) is 0.396. The molecule has 0 bridgehead atoms. The molecule has 2 aromatic rings. The van der Waals surface area contributed by atoms with Gasteiger partial charge in [0, 0.05) is 36.1 Å². The van der Waals surface area contributed by atoms with Crippen LogP contribution in [-0.4, -0.2) is 62.8 Å². The number of benzene rings is 1. The molecule has 0 aliphatic carbocycles. The third-order valence-electron chi connectivity index (χ3n) is 4.05. The van der Waals surface area contributed by atoms with Crippen LogP contribution in [0.15, 0.2) is 52.5 Å². The third-order valence-corrected chi connectivity index (χ3v) is 6.99. The van der Waals surface area contributed by atoms with Gasteiger partial charge < -0.3 is 14.8 Å². The van der Waals surface area contributed by atoms with Gasteiger partial charge in [0.2, 0.25) is 15.9 Å². The van der Waals surface area contributed by atoms with Gasteiger partial charge in [-0.15, -0.1) is 11.8 Å². The molecule has 0 unspecified atom stereocenters. The van der Waals surface area contributed by atoms with E-state index in [1.54, 1.807) is 24.5 Å². The predicted molar refractivity (Wildman–Crippen MR) is 106 cm³/mol. The minimum atomic E-state index is -3.75. The summed E-state index contributed by atoms with van der Waals surface area (Å²) in [5, 5.41) is 2.74. The van der Waals surface area contributed by atoms with Crippen molar-refractivity contribution in [3.63, 3.8) is 0 Å². The van der Waals surface area contributed by atoms with Crippen molar-refractivity contribution in [2.24, 2.45) is 0 Å². The van der Waals surface area contributed by atoms with E-state index < -0.39 is 10.0 Å². The molecule has 2 heterocycles. The maximum absolute atomic E-state index is 13.0. The summed E-state index contributed by atoms with van der Waals surface area (Å²) in [6.07, 6.45) is 3.32. The van der Waals surface area contributed by atoms with Crippen LogP contribution >= 0.6 is 11.8 Å². The molecule has 1 aliphatic heterocycles. The van der Waals surface area contributed by atoms with Gasteiger partial charge >= 0.3 is 0 Å². The molecular formula is C18H21N3O5S2. The number of carbonyl (C=O) groups excluding carboxylic acids is 1. The van der Waals surface area contributed by atoms with Crippen molar-refractivity contribution >= 4 is 33.4 Å². The summed E-state index contributed by atoms with van der Waals surface area (Å²) in [6, 6.07) is 8.22. The van der Waals surface area contributed by atoms with E-state index in [1.165, 1.54) is 29.2 Å². The number of nitrogens with zero attached hydrogens (tertiary/aromatic N) is 2. The highest BCUT2D eigenvalue weighted by Crippen LogP contribution is 2.30. The van der Waals surface area contributed by atoms with E-state index in [0.717, 1.165) is 4.90 Å². The Labute approximate surface area is 168 Å². The van der Waals surface area contributed by atoms with Crippen molar-refractivity contribution in [2.75, 3.05) is 44.5 Å². The lowest BCUT2D eigenvalue weighted by Crippen LogP contribution is -2.40. The molecule has 1 saturated heterocycles. The van der Waals surface area contributed by atoms with Gasteiger partial charge in [0.1, 0.15) is 10.6 Å². The number of nitrogens with one attached hydrogen (secondary N) is 1. The highest BCUT2D eigenvalue weighted by molar-refractivity contribution is 8.00. The first-order valence-electron chi connectivity index (χ1n) is 8.59. The number of amides is 1. The molecule has 1 aliphatic rings. The van der Waals surface area contributed by atoms with Crippen LogP contribution in [0, 0.1) is 0 Å². The molecule has 0 spiro atoms. The van der Waals surface area contributed by atoms with Crippen molar-refractivity contribution in [3.05, 3.63) is 42.7 Å². The second-order valence-electron chi connectivity index (χ2n) is 5.90. The first-order valence-corrected chi connectivity index (χ1v) is 11.0. The Bertz CT molecular complexity index is 916. The number of ether oxygens (including phenoxy) is 2.